The number of rotatable bonds is 1. The highest BCUT2D eigenvalue weighted by Gasteiger charge is 2.51. The maximum absolute atomic E-state index is 12.6. The van der Waals surface area contributed by atoms with E-state index in [0.717, 1.165) is 36.4 Å². The molecule has 0 saturated carbocycles. The van der Waals surface area contributed by atoms with E-state index in [2.05, 4.69) is 62.2 Å². The molecule has 2 aliphatic rings. The summed E-state index contributed by atoms with van der Waals surface area (Å²) in [5, 5.41) is 13.3. The van der Waals surface area contributed by atoms with Gasteiger partial charge in [0.25, 0.3) is 0 Å². The molecule has 0 spiro atoms. The Morgan fingerprint density at radius 3 is 2.52 bits per heavy atom. The van der Waals surface area contributed by atoms with E-state index in [4.69, 9.17) is 4.74 Å². The first-order chi connectivity index (χ1) is 13.0. The van der Waals surface area contributed by atoms with E-state index >= 15 is 0 Å². The van der Waals surface area contributed by atoms with Gasteiger partial charge in [0.1, 0.15) is 0 Å². The third-order valence-corrected chi connectivity index (χ3v) is 6.71. The molecule has 5 heteroatoms. The number of benzene rings is 3. The minimum Gasteiger partial charge on any atom is -0.465 e. The fraction of sp³-hybridized carbons (Fsp3) is 0.227. The summed E-state index contributed by atoms with van der Waals surface area (Å²) in [6.07, 6.45) is -0.714. The second-order valence-corrected chi connectivity index (χ2v) is 9.07. The maximum Gasteiger partial charge on any atom is 0.310 e. The van der Waals surface area contributed by atoms with E-state index in [1.54, 1.807) is 0 Å². The highest BCUT2D eigenvalue weighted by Crippen LogP contribution is 2.53. The quantitative estimate of drug-likeness (QED) is 0.471. The fourth-order valence-electron chi connectivity index (χ4n) is 4.69. The van der Waals surface area contributed by atoms with Gasteiger partial charge in [-0.3, -0.25) is 4.79 Å². The predicted octanol–water partition coefficient (Wildman–Crippen LogP) is 5.33. The average molecular weight is 488 g/mol. The molecule has 0 unspecified atom stereocenters. The lowest BCUT2D eigenvalue weighted by molar-refractivity contribution is -0.141. The molecular formula is C22H16Br2O3. The highest BCUT2D eigenvalue weighted by atomic mass is 79.9. The lowest BCUT2D eigenvalue weighted by Gasteiger charge is -2.37. The normalized spacial score (nSPS) is 26.6. The lowest BCUT2D eigenvalue weighted by Crippen LogP contribution is -2.34. The molecule has 1 N–H and O–H groups in total. The van der Waals surface area contributed by atoms with Crippen molar-refractivity contribution < 1.29 is 14.6 Å². The van der Waals surface area contributed by atoms with Crippen molar-refractivity contribution in [1.29, 1.82) is 0 Å². The fourth-order valence-corrected chi connectivity index (χ4v) is 6.02. The molecule has 27 heavy (non-hydrogen) atoms. The standard InChI is InChI=1S/C22H16Br2O3/c23-13-7-12(8-14(24)9-13)18-16-6-5-11-3-1-2-4-15(11)19(16)21(25)17-10-27-22(26)20(17)18/h1-9,17-18,20-21,25H,10H2/t17-,18-,20+,21+/m1/s1. The van der Waals surface area contributed by atoms with Crippen LogP contribution in [0.25, 0.3) is 10.8 Å². The van der Waals surface area contributed by atoms with Crippen LogP contribution >= 0.6 is 31.9 Å². The molecule has 3 aromatic carbocycles. The summed E-state index contributed by atoms with van der Waals surface area (Å²) in [7, 11) is 0. The monoisotopic (exact) mass is 486 g/mol. The van der Waals surface area contributed by atoms with Crippen LogP contribution in [0.15, 0.2) is 63.5 Å². The number of aliphatic hydroxyl groups is 1. The molecule has 0 aromatic heterocycles. The van der Waals surface area contributed by atoms with Crippen molar-refractivity contribution in [3.8, 4) is 0 Å². The summed E-state index contributed by atoms with van der Waals surface area (Å²) in [5.74, 6) is -0.991. The summed E-state index contributed by atoms with van der Waals surface area (Å²) in [6.45, 7) is 0.263. The zero-order valence-electron chi connectivity index (χ0n) is 14.2. The van der Waals surface area contributed by atoms with Gasteiger partial charge in [0, 0.05) is 20.8 Å². The Balaban J connectivity index is 1.82. The van der Waals surface area contributed by atoms with E-state index in [1.165, 1.54) is 0 Å². The molecule has 1 saturated heterocycles. The predicted molar refractivity (Wildman–Crippen MR) is 111 cm³/mol. The van der Waals surface area contributed by atoms with Crippen molar-refractivity contribution in [1.82, 2.24) is 0 Å². The van der Waals surface area contributed by atoms with Crippen LogP contribution in [0.3, 0.4) is 0 Å². The van der Waals surface area contributed by atoms with E-state index in [0.29, 0.717) is 0 Å². The molecule has 0 radical (unpaired) electrons. The number of fused-ring (bicyclic) bond motifs is 4. The largest absolute Gasteiger partial charge is 0.465 e. The zero-order valence-corrected chi connectivity index (χ0v) is 17.4. The van der Waals surface area contributed by atoms with Crippen molar-refractivity contribution in [2.75, 3.05) is 6.61 Å². The Morgan fingerprint density at radius 2 is 1.74 bits per heavy atom. The number of halogens is 2. The molecule has 4 atom stereocenters. The van der Waals surface area contributed by atoms with Crippen molar-refractivity contribution in [3.05, 3.63) is 80.2 Å². The van der Waals surface area contributed by atoms with Gasteiger partial charge in [-0.2, -0.15) is 0 Å². The lowest BCUT2D eigenvalue weighted by atomic mass is 9.65. The smallest absolute Gasteiger partial charge is 0.310 e. The van der Waals surface area contributed by atoms with Gasteiger partial charge in [-0.15, -0.1) is 0 Å². The number of esters is 1. The Morgan fingerprint density at radius 1 is 1.00 bits per heavy atom. The third-order valence-electron chi connectivity index (χ3n) is 5.80. The maximum atomic E-state index is 12.6. The number of carbonyl (C=O) groups excluding carboxylic acids is 1. The number of cyclic esters (lactones) is 1. The van der Waals surface area contributed by atoms with Crippen LogP contribution < -0.4 is 0 Å². The van der Waals surface area contributed by atoms with E-state index in [-0.39, 0.29) is 30.3 Å². The van der Waals surface area contributed by atoms with Gasteiger partial charge in [0.05, 0.1) is 18.6 Å². The molecule has 136 valence electrons. The summed E-state index contributed by atoms with van der Waals surface area (Å²) < 4.78 is 7.30. The minimum absolute atomic E-state index is 0.151. The van der Waals surface area contributed by atoms with Gasteiger partial charge >= 0.3 is 5.97 Å². The van der Waals surface area contributed by atoms with E-state index in [9.17, 15) is 9.90 Å². The number of hydrogen-bond acceptors (Lipinski definition) is 3. The third kappa shape index (κ3) is 2.67. The second-order valence-electron chi connectivity index (χ2n) is 7.23. The first kappa shape index (κ1) is 17.4. The molecule has 0 amide bonds. The summed E-state index contributed by atoms with van der Waals surface area (Å²) in [6, 6.07) is 18.3. The van der Waals surface area contributed by atoms with Gasteiger partial charge in [0.15, 0.2) is 0 Å². The van der Waals surface area contributed by atoms with E-state index in [1.807, 2.05) is 24.3 Å². The first-order valence-electron chi connectivity index (χ1n) is 8.87. The summed E-state index contributed by atoms with van der Waals surface area (Å²) >= 11 is 7.13. The molecule has 3 aromatic rings. The highest BCUT2D eigenvalue weighted by molar-refractivity contribution is 9.11. The van der Waals surface area contributed by atoms with Crippen LogP contribution in [0.5, 0.6) is 0 Å². The summed E-state index contributed by atoms with van der Waals surface area (Å²) in [5.41, 5.74) is 2.97. The average Bonchev–Trinajstić information content (AvgIpc) is 3.03. The Labute approximate surface area is 173 Å². The van der Waals surface area contributed by atoms with Crippen molar-refractivity contribution >= 4 is 48.6 Å². The molecule has 3 nitrogen and oxygen atoms in total. The van der Waals surface area contributed by atoms with Crippen LogP contribution in [-0.2, 0) is 9.53 Å². The number of ether oxygens (including phenoxy) is 1. The van der Waals surface area contributed by atoms with Crippen molar-refractivity contribution in [2.24, 2.45) is 11.8 Å². The molecular weight excluding hydrogens is 472 g/mol. The number of aliphatic hydroxyl groups excluding tert-OH is 1. The molecule has 1 aliphatic carbocycles. The van der Waals surface area contributed by atoms with Gasteiger partial charge in [-0.25, -0.2) is 0 Å². The molecule has 1 heterocycles. The van der Waals surface area contributed by atoms with Gasteiger partial charge in [-0.05, 0) is 45.7 Å². The minimum atomic E-state index is -0.714. The number of carbonyl (C=O) groups is 1. The number of hydrogen-bond donors (Lipinski definition) is 1. The van der Waals surface area contributed by atoms with Crippen LogP contribution in [0.4, 0.5) is 0 Å². The molecule has 1 aliphatic heterocycles. The van der Waals surface area contributed by atoms with Gasteiger partial charge < -0.3 is 9.84 Å². The molecule has 1 fully saturated rings. The topological polar surface area (TPSA) is 46.5 Å². The van der Waals surface area contributed by atoms with E-state index < -0.39 is 6.10 Å². The van der Waals surface area contributed by atoms with Gasteiger partial charge in [0.2, 0.25) is 0 Å². The summed E-state index contributed by atoms with van der Waals surface area (Å²) in [4.78, 5) is 12.6. The molecule has 5 rings (SSSR count). The van der Waals surface area contributed by atoms with Crippen molar-refractivity contribution in [3.63, 3.8) is 0 Å². The molecule has 0 bridgehead atoms. The van der Waals surface area contributed by atoms with Crippen LogP contribution in [0, 0.1) is 11.8 Å². The SMILES string of the molecule is O=C1OC[C@@H]2[C@H]1[C@H](c1cc(Br)cc(Br)c1)c1ccc3ccccc3c1[C@H]2O. The Hall–Kier alpha value is -1.69. The van der Waals surface area contributed by atoms with Crippen LogP contribution in [-0.4, -0.2) is 17.7 Å². The zero-order chi connectivity index (χ0) is 18.7. The Bertz CT molecular complexity index is 1060. The first-order valence-corrected chi connectivity index (χ1v) is 10.5. The van der Waals surface area contributed by atoms with Crippen LogP contribution in [0.2, 0.25) is 0 Å². The van der Waals surface area contributed by atoms with Crippen molar-refractivity contribution in [2.45, 2.75) is 12.0 Å². The second kappa shape index (κ2) is 6.43. The van der Waals surface area contributed by atoms with Gasteiger partial charge in [-0.1, -0.05) is 68.3 Å². The van der Waals surface area contributed by atoms with Crippen LogP contribution in [0.1, 0.15) is 28.7 Å². The Kier molecular flexibility index (Phi) is 4.15.